The van der Waals surface area contributed by atoms with Crippen LogP contribution in [0.1, 0.15) is 37.0 Å². The number of quaternary nitrogens is 1. The zero-order valence-electron chi connectivity index (χ0n) is 11.8. The van der Waals surface area contributed by atoms with E-state index in [-0.39, 0.29) is 5.97 Å². The van der Waals surface area contributed by atoms with Gasteiger partial charge in [-0.3, -0.25) is 0 Å². The van der Waals surface area contributed by atoms with Gasteiger partial charge in [-0.1, -0.05) is 0 Å². The van der Waals surface area contributed by atoms with Crippen LogP contribution < -0.4 is 5.32 Å². The highest BCUT2D eigenvalue weighted by Gasteiger charge is 2.35. The number of benzene rings is 1. The average molecular weight is 453 g/mol. The number of carbonyl (C=O) groups is 1. The van der Waals surface area contributed by atoms with Gasteiger partial charge in [0.15, 0.2) is 0 Å². The van der Waals surface area contributed by atoms with Gasteiger partial charge in [-0.15, -0.1) is 0 Å². The molecule has 1 saturated heterocycles. The molecule has 2 N–H and O–H groups in total. The molecule has 0 radical (unpaired) electrons. The zero-order chi connectivity index (χ0) is 14.8. The summed E-state index contributed by atoms with van der Waals surface area (Å²) in [4.78, 5) is 12.4. The Morgan fingerprint density at radius 3 is 2.70 bits per heavy atom. The van der Waals surface area contributed by atoms with E-state index in [1.807, 2.05) is 32.0 Å². The SMILES string of the molecule is CC(C)(OC(=O)c1cc(I)ccc1Br)C1CC[NH2+]CC1. The first kappa shape index (κ1) is 16.2. The van der Waals surface area contributed by atoms with Crippen molar-refractivity contribution < 1.29 is 14.8 Å². The number of rotatable bonds is 3. The third-order valence-electron chi connectivity index (χ3n) is 3.93. The van der Waals surface area contributed by atoms with Crippen LogP contribution in [0.15, 0.2) is 22.7 Å². The van der Waals surface area contributed by atoms with E-state index < -0.39 is 5.60 Å². The molecule has 0 atom stereocenters. The molecule has 1 aliphatic rings. The fourth-order valence-electron chi connectivity index (χ4n) is 2.65. The van der Waals surface area contributed by atoms with Gasteiger partial charge in [-0.2, -0.15) is 0 Å². The van der Waals surface area contributed by atoms with Crippen molar-refractivity contribution in [1.82, 2.24) is 0 Å². The maximum absolute atomic E-state index is 12.4. The Bertz CT molecular complexity index is 499. The summed E-state index contributed by atoms with van der Waals surface area (Å²) in [5.41, 5.74) is 0.193. The highest BCUT2D eigenvalue weighted by atomic mass is 127. The summed E-state index contributed by atoms with van der Waals surface area (Å²) in [6.07, 6.45) is 2.21. The summed E-state index contributed by atoms with van der Waals surface area (Å²) in [5.74, 6) is 0.202. The fraction of sp³-hybridized carbons (Fsp3) is 0.533. The predicted molar refractivity (Wildman–Crippen MR) is 90.7 cm³/mol. The lowest BCUT2D eigenvalue weighted by molar-refractivity contribution is -0.665. The smallest absolute Gasteiger partial charge is 0.339 e. The molecule has 0 aromatic heterocycles. The minimum Gasteiger partial charge on any atom is -0.456 e. The molecule has 5 heteroatoms. The van der Waals surface area contributed by atoms with Crippen LogP contribution in [0.4, 0.5) is 0 Å². The van der Waals surface area contributed by atoms with E-state index in [9.17, 15) is 4.79 Å². The van der Waals surface area contributed by atoms with Gasteiger partial charge in [0.1, 0.15) is 5.60 Å². The number of carbonyl (C=O) groups excluding carboxylic acids is 1. The largest absolute Gasteiger partial charge is 0.456 e. The van der Waals surface area contributed by atoms with Crippen LogP contribution in [0.3, 0.4) is 0 Å². The molecule has 1 aromatic carbocycles. The Kier molecular flexibility index (Phi) is 5.48. The summed E-state index contributed by atoms with van der Waals surface area (Å²) in [5, 5.41) is 2.32. The molecule has 1 aromatic rings. The molecule has 0 unspecified atom stereocenters. The Hall–Kier alpha value is -0.140. The first-order valence-electron chi connectivity index (χ1n) is 6.90. The van der Waals surface area contributed by atoms with Crippen molar-refractivity contribution in [3.8, 4) is 0 Å². The number of piperidine rings is 1. The van der Waals surface area contributed by atoms with Gasteiger partial charge >= 0.3 is 5.97 Å². The van der Waals surface area contributed by atoms with Crippen molar-refractivity contribution in [2.24, 2.45) is 5.92 Å². The fourth-order valence-corrected chi connectivity index (χ4v) is 3.55. The Labute approximate surface area is 142 Å². The molecule has 0 spiro atoms. The van der Waals surface area contributed by atoms with E-state index in [0.717, 1.165) is 34.0 Å². The number of hydrogen-bond donors (Lipinski definition) is 1. The molecule has 2 rings (SSSR count). The predicted octanol–water partition coefficient (Wildman–Crippen LogP) is 2.96. The zero-order valence-corrected chi connectivity index (χ0v) is 15.5. The Morgan fingerprint density at radius 1 is 1.40 bits per heavy atom. The van der Waals surface area contributed by atoms with Crippen molar-refractivity contribution in [1.29, 1.82) is 0 Å². The molecule has 3 nitrogen and oxygen atoms in total. The lowest BCUT2D eigenvalue weighted by Gasteiger charge is -2.35. The minimum atomic E-state index is -0.411. The highest BCUT2D eigenvalue weighted by molar-refractivity contribution is 14.1. The molecule has 1 aliphatic heterocycles. The van der Waals surface area contributed by atoms with Crippen molar-refractivity contribution >= 4 is 44.5 Å². The van der Waals surface area contributed by atoms with Gasteiger partial charge in [0, 0.05) is 26.8 Å². The number of halogens is 2. The Balaban J connectivity index is 2.11. The molecule has 20 heavy (non-hydrogen) atoms. The van der Waals surface area contributed by atoms with Crippen LogP contribution in [-0.2, 0) is 4.74 Å². The monoisotopic (exact) mass is 452 g/mol. The number of nitrogens with two attached hydrogens (primary N) is 1. The van der Waals surface area contributed by atoms with Crippen molar-refractivity contribution in [2.45, 2.75) is 32.3 Å². The van der Waals surface area contributed by atoms with Crippen molar-refractivity contribution in [2.75, 3.05) is 13.1 Å². The molecule has 0 amide bonds. The van der Waals surface area contributed by atoms with Crippen molar-refractivity contribution in [3.05, 3.63) is 31.8 Å². The van der Waals surface area contributed by atoms with Crippen LogP contribution in [0, 0.1) is 9.49 Å². The first-order valence-corrected chi connectivity index (χ1v) is 8.77. The summed E-state index contributed by atoms with van der Waals surface area (Å²) in [7, 11) is 0. The molecule has 1 fully saturated rings. The minimum absolute atomic E-state index is 0.241. The van der Waals surface area contributed by atoms with Gasteiger partial charge in [0.2, 0.25) is 0 Å². The third-order valence-corrected chi connectivity index (χ3v) is 5.29. The van der Waals surface area contributed by atoms with E-state index in [0.29, 0.717) is 11.5 Å². The molecular formula is C15H20BrINO2+. The summed E-state index contributed by atoms with van der Waals surface area (Å²) in [6, 6.07) is 5.71. The average Bonchev–Trinajstić information content (AvgIpc) is 2.42. The summed E-state index contributed by atoms with van der Waals surface area (Å²) >= 11 is 5.63. The maximum atomic E-state index is 12.4. The second-order valence-electron chi connectivity index (χ2n) is 5.76. The second kappa shape index (κ2) is 6.75. The molecule has 110 valence electrons. The van der Waals surface area contributed by atoms with Crippen LogP contribution in [-0.4, -0.2) is 24.7 Å². The van der Waals surface area contributed by atoms with E-state index >= 15 is 0 Å². The summed E-state index contributed by atoms with van der Waals surface area (Å²) in [6.45, 7) is 6.31. The molecule has 1 heterocycles. The van der Waals surface area contributed by atoms with Crippen molar-refractivity contribution in [3.63, 3.8) is 0 Å². The van der Waals surface area contributed by atoms with Crippen LogP contribution in [0.25, 0.3) is 0 Å². The normalized spacial score (nSPS) is 17.0. The quantitative estimate of drug-likeness (QED) is 0.566. The topological polar surface area (TPSA) is 42.9 Å². The Morgan fingerprint density at radius 2 is 2.05 bits per heavy atom. The van der Waals surface area contributed by atoms with Gasteiger partial charge < -0.3 is 10.1 Å². The molecule has 0 saturated carbocycles. The van der Waals surface area contributed by atoms with Gasteiger partial charge in [-0.05, 0) is 70.6 Å². The molecular weight excluding hydrogens is 433 g/mol. The lowest BCUT2D eigenvalue weighted by atomic mass is 9.83. The summed E-state index contributed by atoms with van der Waals surface area (Å²) < 4.78 is 7.63. The molecule has 0 bridgehead atoms. The third kappa shape index (κ3) is 3.95. The van der Waals surface area contributed by atoms with Gasteiger partial charge in [0.25, 0.3) is 0 Å². The first-order chi connectivity index (χ1) is 9.40. The molecule has 0 aliphatic carbocycles. The van der Waals surface area contributed by atoms with E-state index in [1.54, 1.807) is 0 Å². The van der Waals surface area contributed by atoms with Crippen LogP contribution >= 0.6 is 38.5 Å². The maximum Gasteiger partial charge on any atom is 0.339 e. The van der Waals surface area contributed by atoms with E-state index in [1.165, 1.54) is 0 Å². The number of ether oxygens (including phenoxy) is 1. The van der Waals surface area contributed by atoms with E-state index in [4.69, 9.17) is 4.74 Å². The lowest BCUT2D eigenvalue weighted by Crippen LogP contribution is -2.86. The van der Waals surface area contributed by atoms with E-state index in [2.05, 4.69) is 43.8 Å². The number of esters is 1. The number of hydrogen-bond acceptors (Lipinski definition) is 2. The standard InChI is InChI=1S/C15H19BrINO2/c1-15(2,10-5-7-18-8-6-10)20-14(19)12-9-11(17)3-4-13(12)16/h3-4,9-10,18H,5-8H2,1-2H3/p+1. The highest BCUT2D eigenvalue weighted by Crippen LogP contribution is 2.30. The van der Waals surface area contributed by atoms with Crippen LogP contribution in [0.2, 0.25) is 0 Å². The second-order valence-corrected chi connectivity index (χ2v) is 7.86. The van der Waals surface area contributed by atoms with Gasteiger partial charge in [-0.25, -0.2) is 4.79 Å². The van der Waals surface area contributed by atoms with Crippen LogP contribution in [0.5, 0.6) is 0 Å². The van der Waals surface area contributed by atoms with Gasteiger partial charge in [0.05, 0.1) is 18.7 Å².